The van der Waals surface area contributed by atoms with Crippen molar-refractivity contribution in [1.29, 1.82) is 0 Å². The highest BCUT2D eigenvalue weighted by Gasteiger charge is 1.94. The molecule has 0 amide bonds. The fourth-order valence-electron chi connectivity index (χ4n) is 0.115. The fourth-order valence-corrected chi connectivity index (χ4v) is 0.115. The molecule has 0 rings (SSSR count). The normalized spacial score (nSPS) is 6.80. The highest BCUT2D eigenvalue weighted by Crippen LogP contribution is 1.72. The van der Waals surface area contributed by atoms with Gasteiger partial charge in [-0.05, 0) is 0 Å². The standard InChI is InChI=1S/2C3H8O3.4C2H4/c2*4-1-3(6)2-5;4*1-2/h2*3-6H,1-2H2;4*1-2H2. The molecule has 0 unspecified atom stereocenters. The first-order chi connectivity index (χ1) is 9.62. The van der Waals surface area contributed by atoms with E-state index in [9.17, 15) is 0 Å². The van der Waals surface area contributed by atoms with Crippen LogP contribution in [0.2, 0.25) is 0 Å². The van der Waals surface area contributed by atoms with Crippen LogP contribution in [-0.2, 0) is 0 Å². The van der Waals surface area contributed by atoms with Gasteiger partial charge < -0.3 is 30.6 Å². The lowest BCUT2D eigenvalue weighted by atomic mass is 10.4. The predicted molar refractivity (Wildman–Crippen MR) is 85.4 cm³/mol. The Morgan fingerprint density at radius 3 is 0.550 bits per heavy atom. The molecule has 124 valence electrons. The van der Waals surface area contributed by atoms with Crippen LogP contribution in [0.1, 0.15) is 0 Å². The third-order valence-electron chi connectivity index (χ3n) is 0.843. The molecule has 0 radical (unpaired) electrons. The molecule has 0 aliphatic heterocycles. The Morgan fingerprint density at radius 1 is 0.450 bits per heavy atom. The molecular weight excluding hydrogens is 264 g/mol. The molecule has 0 aliphatic carbocycles. The second kappa shape index (κ2) is 65.1. The molecular formula is C14H32O6. The predicted octanol–water partition coefficient (Wildman–Crippen LogP) is -0.127. The number of aliphatic hydroxyl groups is 6. The van der Waals surface area contributed by atoms with Gasteiger partial charge in [0.25, 0.3) is 0 Å². The van der Waals surface area contributed by atoms with Gasteiger partial charge in [-0.1, -0.05) is 0 Å². The van der Waals surface area contributed by atoms with Gasteiger partial charge in [0, 0.05) is 0 Å². The lowest BCUT2D eigenvalue weighted by molar-refractivity contribution is 0.0450. The van der Waals surface area contributed by atoms with Crippen molar-refractivity contribution in [3.63, 3.8) is 0 Å². The Hall–Kier alpha value is -1.28. The van der Waals surface area contributed by atoms with E-state index in [0.717, 1.165) is 0 Å². The van der Waals surface area contributed by atoms with E-state index in [1.165, 1.54) is 0 Å². The van der Waals surface area contributed by atoms with Crippen molar-refractivity contribution >= 4 is 0 Å². The molecule has 0 spiro atoms. The van der Waals surface area contributed by atoms with Crippen LogP contribution in [0.15, 0.2) is 52.6 Å². The topological polar surface area (TPSA) is 121 Å². The molecule has 0 heterocycles. The van der Waals surface area contributed by atoms with Crippen molar-refractivity contribution in [2.24, 2.45) is 0 Å². The van der Waals surface area contributed by atoms with Crippen LogP contribution in [0.25, 0.3) is 0 Å². The minimum atomic E-state index is -0.954. The number of hydrogen-bond acceptors (Lipinski definition) is 6. The van der Waals surface area contributed by atoms with E-state index in [0.29, 0.717) is 0 Å². The largest absolute Gasteiger partial charge is 0.394 e. The highest BCUT2D eigenvalue weighted by atomic mass is 16.3. The summed E-state index contributed by atoms with van der Waals surface area (Å²) >= 11 is 0. The summed E-state index contributed by atoms with van der Waals surface area (Å²) in [5.74, 6) is 0. The highest BCUT2D eigenvalue weighted by molar-refractivity contribution is 4.44. The van der Waals surface area contributed by atoms with Crippen molar-refractivity contribution in [2.75, 3.05) is 26.4 Å². The quantitative estimate of drug-likeness (QED) is 0.402. The van der Waals surface area contributed by atoms with Gasteiger partial charge in [0.2, 0.25) is 0 Å². The molecule has 6 N–H and O–H groups in total. The Morgan fingerprint density at radius 2 is 0.550 bits per heavy atom. The summed E-state index contributed by atoms with van der Waals surface area (Å²) in [6.07, 6.45) is -1.91. The van der Waals surface area contributed by atoms with Gasteiger partial charge >= 0.3 is 0 Å². The summed E-state index contributed by atoms with van der Waals surface area (Å²) in [5, 5.41) is 48.0. The van der Waals surface area contributed by atoms with Gasteiger partial charge in [-0.3, -0.25) is 0 Å². The maximum absolute atomic E-state index is 8.17. The van der Waals surface area contributed by atoms with Gasteiger partial charge in [-0.15, -0.1) is 52.6 Å². The van der Waals surface area contributed by atoms with E-state index in [-0.39, 0.29) is 26.4 Å². The summed E-state index contributed by atoms with van der Waals surface area (Å²) in [6, 6.07) is 0. The van der Waals surface area contributed by atoms with Crippen LogP contribution < -0.4 is 0 Å². The first kappa shape index (κ1) is 36.3. The van der Waals surface area contributed by atoms with Crippen molar-refractivity contribution in [2.45, 2.75) is 12.2 Å². The minimum absolute atomic E-state index is 0.365. The van der Waals surface area contributed by atoms with Crippen LogP contribution >= 0.6 is 0 Å². The number of aliphatic hydroxyl groups excluding tert-OH is 6. The zero-order valence-electron chi connectivity index (χ0n) is 12.3. The zero-order chi connectivity index (χ0) is 18.0. The second-order valence-electron chi connectivity index (χ2n) is 2.04. The van der Waals surface area contributed by atoms with Crippen molar-refractivity contribution in [3.8, 4) is 0 Å². The SMILES string of the molecule is C=C.C=C.C=C.C=C.OCC(O)CO.OCC(O)CO. The van der Waals surface area contributed by atoms with Crippen LogP contribution in [0.3, 0.4) is 0 Å². The van der Waals surface area contributed by atoms with Gasteiger partial charge in [0.05, 0.1) is 26.4 Å². The summed E-state index contributed by atoms with van der Waals surface area (Å²) in [5.41, 5.74) is 0. The lowest BCUT2D eigenvalue weighted by Gasteiger charge is -1.96. The van der Waals surface area contributed by atoms with Crippen molar-refractivity contribution < 1.29 is 30.6 Å². The van der Waals surface area contributed by atoms with Crippen molar-refractivity contribution in [1.82, 2.24) is 0 Å². The first-order valence-electron chi connectivity index (χ1n) is 5.41. The molecule has 0 fully saturated rings. The van der Waals surface area contributed by atoms with Crippen LogP contribution in [0, 0.1) is 0 Å². The third kappa shape index (κ3) is 91.5. The van der Waals surface area contributed by atoms with E-state index >= 15 is 0 Å². The van der Waals surface area contributed by atoms with Gasteiger partial charge in [0.1, 0.15) is 12.2 Å². The fraction of sp³-hybridized carbons (Fsp3) is 0.429. The summed E-state index contributed by atoms with van der Waals surface area (Å²) < 4.78 is 0. The van der Waals surface area contributed by atoms with Gasteiger partial charge in [-0.2, -0.15) is 0 Å². The summed E-state index contributed by atoms with van der Waals surface area (Å²) in [7, 11) is 0. The molecule has 6 nitrogen and oxygen atoms in total. The molecule has 20 heavy (non-hydrogen) atoms. The van der Waals surface area contributed by atoms with Crippen LogP contribution in [0.4, 0.5) is 0 Å². The summed E-state index contributed by atoms with van der Waals surface area (Å²) in [6.45, 7) is 22.5. The Bertz CT molecular complexity index is 98.2. The first-order valence-corrected chi connectivity index (χ1v) is 5.41. The number of rotatable bonds is 4. The molecule has 0 aromatic heterocycles. The smallest absolute Gasteiger partial charge is 0.100 e. The second-order valence-corrected chi connectivity index (χ2v) is 2.04. The average Bonchev–Trinajstić information content (AvgIpc) is 2.60. The average molecular weight is 296 g/mol. The minimum Gasteiger partial charge on any atom is -0.394 e. The lowest BCUT2D eigenvalue weighted by Crippen LogP contribution is -2.15. The number of hydrogen-bond donors (Lipinski definition) is 6. The zero-order valence-corrected chi connectivity index (χ0v) is 12.3. The monoisotopic (exact) mass is 296 g/mol. The summed E-state index contributed by atoms with van der Waals surface area (Å²) in [4.78, 5) is 0. The van der Waals surface area contributed by atoms with E-state index < -0.39 is 12.2 Å². The van der Waals surface area contributed by atoms with Crippen molar-refractivity contribution in [3.05, 3.63) is 52.6 Å². The molecule has 0 saturated carbocycles. The molecule has 0 saturated heterocycles. The van der Waals surface area contributed by atoms with E-state index in [2.05, 4.69) is 52.6 Å². The molecule has 0 aromatic carbocycles. The molecule has 6 heteroatoms. The Labute approximate surface area is 123 Å². The van der Waals surface area contributed by atoms with Crippen LogP contribution in [-0.4, -0.2) is 69.3 Å². The molecule has 0 atom stereocenters. The van der Waals surface area contributed by atoms with Crippen LogP contribution in [0.5, 0.6) is 0 Å². The van der Waals surface area contributed by atoms with E-state index in [4.69, 9.17) is 30.6 Å². The Kier molecular flexibility index (Phi) is 118. The maximum Gasteiger partial charge on any atom is 0.100 e. The third-order valence-corrected chi connectivity index (χ3v) is 0.843. The van der Waals surface area contributed by atoms with Gasteiger partial charge in [0.15, 0.2) is 0 Å². The Balaban J connectivity index is -0.0000000328. The molecule has 0 aromatic rings. The van der Waals surface area contributed by atoms with E-state index in [1.807, 2.05) is 0 Å². The molecule has 0 bridgehead atoms. The van der Waals surface area contributed by atoms with Gasteiger partial charge in [-0.25, -0.2) is 0 Å². The molecule has 0 aliphatic rings. The van der Waals surface area contributed by atoms with E-state index in [1.54, 1.807) is 0 Å². The maximum atomic E-state index is 8.17.